The molecule has 0 unspecified atom stereocenters. The first-order chi connectivity index (χ1) is 15.3. The van der Waals surface area contributed by atoms with Crippen molar-refractivity contribution < 1.29 is 29.8 Å². The number of hydrogen-bond donors (Lipinski definition) is 5. The van der Waals surface area contributed by atoms with Crippen LogP contribution in [0.15, 0.2) is 39.0 Å². The molecule has 2 atom stereocenters. The number of fused-ring (bicyclic) bond motifs is 1. The summed E-state index contributed by atoms with van der Waals surface area (Å²) >= 11 is 1.94. The lowest BCUT2D eigenvalue weighted by Gasteiger charge is -2.50. The number of aromatic hydroxyl groups is 1. The van der Waals surface area contributed by atoms with Crippen molar-refractivity contribution >= 4 is 51.9 Å². The summed E-state index contributed by atoms with van der Waals surface area (Å²) in [6.45, 7) is 0. The molecule has 0 aliphatic carbocycles. The molecule has 13 nitrogen and oxygen atoms in total. The smallest absolute Gasteiger partial charge is 0.353 e. The minimum absolute atomic E-state index is 0.0669. The molecule has 0 spiro atoms. The van der Waals surface area contributed by atoms with Gasteiger partial charge in [-0.1, -0.05) is 16.9 Å². The minimum Gasteiger partial charge on any atom is -0.493 e. The number of β-lactam (4-membered cyclic amide) rings is 1. The van der Waals surface area contributed by atoms with Gasteiger partial charge in [-0.05, 0) is 18.9 Å². The highest BCUT2D eigenvalue weighted by Gasteiger charge is 2.53. The van der Waals surface area contributed by atoms with Crippen LogP contribution in [0.2, 0.25) is 0 Å². The average Bonchev–Trinajstić information content (AvgIpc) is 3.19. The number of pyridine rings is 1. The van der Waals surface area contributed by atoms with Gasteiger partial charge in [0.2, 0.25) is 17.4 Å². The van der Waals surface area contributed by atoms with Crippen LogP contribution in [0.3, 0.4) is 0 Å². The molecule has 166 valence electrons. The fourth-order valence-electron chi connectivity index (χ4n) is 3.44. The molecule has 2 aliphatic rings. The molecule has 2 aromatic rings. The van der Waals surface area contributed by atoms with Crippen LogP contribution in [0.4, 0.5) is 5.13 Å². The van der Waals surface area contributed by atoms with Crippen molar-refractivity contribution in [3.8, 4) is 5.88 Å². The van der Waals surface area contributed by atoms with Gasteiger partial charge in [0.25, 0.3) is 11.8 Å². The Hall–Kier alpha value is -3.72. The number of carboxylic acid groups (broad SMARTS) is 1. The number of amides is 2. The van der Waals surface area contributed by atoms with Crippen LogP contribution in [-0.4, -0.2) is 70.2 Å². The van der Waals surface area contributed by atoms with E-state index in [0.29, 0.717) is 22.6 Å². The van der Waals surface area contributed by atoms with Gasteiger partial charge in [0, 0.05) is 33.6 Å². The predicted molar refractivity (Wildman–Crippen MR) is 111 cm³/mol. The Morgan fingerprint density at radius 3 is 2.75 bits per heavy atom. The molecule has 0 saturated carbocycles. The van der Waals surface area contributed by atoms with Crippen LogP contribution in [0, 0.1) is 0 Å². The number of allylic oxidation sites excluding steroid dienone is 1. The van der Waals surface area contributed by atoms with Gasteiger partial charge in [-0.2, -0.15) is 9.36 Å². The van der Waals surface area contributed by atoms with E-state index in [1.54, 1.807) is 6.07 Å². The molecule has 2 aromatic heterocycles. The molecule has 15 heteroatoms. The number of rotatable bonds is 6. The van der Waals surface area contributed by atoms with Crippen molar-refractivity contribution in [2.75, 3.05) is 5.73 Å². The number of nitrogen functional groups attached to an aromatic ring is 1. The van der Waals surface area contributed by atoms with Crippen molar-refractivity contribution in [3.05, 3.63) is 34.8 Å². The second kappa shape index (κ2) is 8.43. The number of nitrogens with two attached hydrogens (primary N) is 1. The van der Waals surface area contributed by atoms with Gasteiger partial charge < -0.3 is 26.5 Å². The van der Waals surface area contributed by atoms with Crippen LogP contribution in [0.1, 0.15) is 18.7 Å². The van der Waals surface area contributed by atoms with E-state index in [0.717, 1.165) is 28.2 Å². The van der Waals surface area contributed by atoms with Crippen molar-refractivity contribution in [1.82, 2.24) is 24.6 Å². The van der Waals surface area contributed by atoms with Gasteiger partial charge >= 0.3 is 5.97 Å². The first kappa shape index (κ1) is 21.5. The number of nitrogens with zero attached hydrogens (tertiary/aromatic N) is 5. The minimum atomic E-state index is -1.28. The van der Waals surface area contributed by atoms with E-state index < -0.39 is 35.6 Å². The molecule has 4 rings (SSSR count). The first-order valence-corrected chi connectivity index (χ1v) is 10.6. The summed E-state index contributed by atoms with van der Waals surface area (Å²) in [6.07, 6.45) is 2.14. The van der Waals surface area contributed by atoms with E-state index in [1.165, 1.54) is 12.3 Å². The molecular weight excluding hydrogens is 462 g/mol. The largest absolute Gasteiger partial charge is 0.493 e. The molecule has 2 amide bonds. The summed E-state index contributed by atoms with van der Waals surface area (Å²) in [6, 6.07) is 1.39. The number of carbonyl (C=O) groups is 3. The summed E-state index contributed by atoms with van der Waals surface area (Å²) in [5, 5.41) is 33.6. The van der Waals surface area contributed by atoms with E-state index in [-0.39, 0.29) is 22.5 Å². The molecule has 1 fully saturated rings. The zero-order valence-corrected chi connectivity index (χ0v) is 17.6. The highest BCUT2D eigenvalue weighted by molar-refractivity contribution is 8.03. The molecule has 0 radical (unpaired) electrons. The van der Waals surface area contributed by atoms with E-state index in [2.05, 4.69) is 24.8 Å². The lowest BCUT2D eigenvalue weighted by atomic mass is 9.86. The van der Waals surface area contributed by atoms with E-state index in [9.17, 15) is 29.8 Å². The summed E-state index contributed by atoms with van der Waals surface area (Å²) in [4.78, 5) is 46.9. The molecule has 32 heavy (non-hydrogen) atoms. The highest BCUT2D eigenvalue weighted by Crippen LogP contribution is 2.43. The Balaban J connectivity index is 1.52. The summed E-state index contributed by atoms with van der Waals surface area (Å²) in [7, 11) is 0. The number of aromatic nitrogens is 3. The van der Waals surface area contributed by atoms with Gasteiger partial charge in [0.15, 0.2) is 5.13 Å². The van der Waals surface area contributed by atoms with Crippen LogP contribution in [-0.2, 0) is 14.4 Å². The SMILES string of the molecule is Nc1nc(/C(=N/O)C(=O)N[C@@H]2C(=O)N3C(C(=O)O)=C(Sc4ccc(O)nc4)CC[C@H]23)ns1. The fraction of sp³-hybridized carbons (Fsp3) is 0.235. The second-order valence-electron chi connectivity index (χ2n) is 6.70. The van der Waals surface area contributed by atoms with E-state index in [4.69, 9.17) is 5.73 Å². The standard InChI is InChI=1S/C17H15N7O6S2/c18-17-21-13(23-32-17)11(22-30)14(26)20-10-7-2-3-8(12(16(28)29)24(7)15(10)27)31-6-1-4-9(25)19-5-6/h1,4-5,7,10,30H,2-3H2,(H,19,25)(H,20,26)(H,28,29)(H2,18,21,23)/b22-11-/t7-,10+/m1/s1. The monoisotopic (exact) mass is 477 g/mol. The lowest BCUT2D eigenvalue weighted by Crippen LogP contribution is -2.72. The Labute approximate surface area is 187 Å². The van der Waals surface area contributed by atoms with Crippen molar-refractivity contribution in [2.45, 2.75) is 29.8 Å². The Morgan fingerprint density at radius 2 is 2.16 bits per heavy atom. The maximum atomic E-state index is 12.7. The third-order valence-electron chi connectivity index (χ3n) is 4.81. The Bertz CT molecular complexity index is 1160. The first-order valence-electron chi connectivity index (χ1n) is 9.05. The summed E-state index contributed by atoms with van der Waals surface area (Å²) in [5.74, 6) is -3.12. The number of hydrogen-bond acceptors (Lipinski definition) is 12. The number of carbonyl (C=O) groups excluding carboxylic acids is 2. The molecule has 2 aliphatic heterocycles. The molecule has 0 bridgehead atoms. The predicted octanol–water partition coefficient (Wildman–Crippen LogP) is -0.0229. The highest BCUT2D eigenvalue weighted by atomic mass is 32.2. The van der Waals surface area contributed by atoms with Gasteiger partial charge in [-0.3, -0.25) is 14.5 Å². The lowest BCUT2D eigenvalue weighted by molar-refractivity contribution is -0.155. The fourth-order valence-corrected chi connectivity index (χ4v) is 4.90. The Morgan fingerprint density at radius 1 is 1.38 bits per heavy atom. The summed E-state index contributed by atoms with van der Waals surface area (Å²) in [5.41, 5.74) is 4.80. The van der Waals surface area contributed by atoms with Crippen molar-refractivity contribution in [2.24, 2.45) is 5.16 Å². The number of nitrogens with one attached hydrogen (secondary N) is 1. The number of thioether (sulfide) groups is 1. The van der Waals surface area contributed by atoms with E-state index in [1.807, 2.05) is 0 Å². The third kappa shape index (κ3) is 3.82. The average molecular weight is 477 g/mol. The number of oxime groups is 1. The molecule has 1 saturated heterocycles. The Kier molecular flexibility index (Phi) is 5.67. The molecule has 4 heterocycles. The number of anilines is 1. The van der Waals surface area contributed by atoms with Crippen molar-refractivity contribution in [1.29, 1.82) is 0 Å². The van der Waals surface area contributed by atoms with Gasteiger partial charge in [-0.25, -0.2) is 9.78 Å². The summed E-state index contributed by atoms with van der Waals surface area (Å²) < 4.78 is 3.80. The normalized spacial score (nSPS) is 20.6. The third-order valence-corrected chi connectivity index (χ3v) is 6.48. The quantitative estimate of drug-likeness (QED) is 0.162. The van der Waals surface area contributed by atoms with Crippen LogP contribution in [0.25, 0.3) is 0 Å². The maximum absolute atomic E-state index is 12.7. The zero-order chi connectivity index (χ0) is 23.0. The van der Waals surface area contributed by atoms with E-state index >= 15 is 0 Å². The van der Waals surface area contributed by atoms with Gasteiger partial charge in [0.05, 0.1) is 6.04 Å². The molecular formula is C17H15N7O6S2. The van der Waals surface area contributed by atoms with Crippen LogP contribution >= 0.6 is 23.3 Å². The van der Waals surface area contributed by atoms with Gasteiger partial charge in [0.1, 0.15) is 11.7 Å². The van der Waals surface area contributed by atoms with Crippen molar-refractivity contribution in [3.63, 3.8) is 0 Å². The van der Waals surface area contributed by atoms with Crippen LogP contribution < -0.4 is 11.1 Å². The molecule has 0 aromatic carbocycles. The van der Waals surface area contributed by atoms with Gasteiger partial charge in [-0.15, -0.1) is 0 Å². The maximum Gasteiger partial charge on any atom is 0.353 e. The number of aliphatic carboxylic acids is 1. The zero-order valence-electron chi connectivity index (χ0n) is 16.0. The molecule has 6 N–H and O–H groups in total. The number of carboxylic acids is 1. The van der Waals surface area contributed by atoms with Crippen LogP contribution in [0.5, 0.6) is 5.88 Å². The topological polar surface area (TPSA) is 204 Å². The second-order valence-corrected chi connectivity index (χ2v) is 8.65.